The quantitative estimate of drug-likeness (QED) is 0.693. The first-order valence-corrected chi connectivity index (χ1v) is 5.77. The average Bonchev–Trinajstić information content (AvgIpc) is 2.01. The zero-order valence-corrected chi connectivity index (χ0v) is 10.6. The highest BCUT2D eigenvalue weighted by Gasteiger charge is 2.35. The van der Waals surface area contributed by atoms with Gasteiger partial charge in [0.2, 0.25) is 0 Å². The summed E-state index contributed by atoms with van der Waals surface area (Å²) in [6.07, 6.45) is 0. The molecule has 1 saturated heterocycles. The molecule has 1 rings (SSSR count). The monoisotopic (exact) mass is 198 g/mol. The molecule has 0 amide bonds. The van der Waals surface area contributed by atoms with Crippen LogP contribution in [0.1, 0.15) is 34.6 Å². The lowest BCUT2D eigenvalue weighted by Crippen LogP contribution is -2.57. The van der Waals surface area contributed by atoms with Gasteiger partial charge in [0.25, 0.3) is 0 Å². The van der Waals surface area contributed by atoms with Crippen LogP contribution in [0.25, 0.3) is 0 Å². The third kappa shape index (κ3) is 2.48. The van der Waals surface area contributed by atoms with Crippen LogP contribution in [-0.2, 0) is 0 Å². The zero-order chi connectivity index (χ0) is 10.9. The van der Waals surface area contributed by atoms with Gasteiger partial charge >= 0.3 is 0 Å². The second-order valence-corrected chi connectivity index (χ2v) is 5.89. The summed E-state index contributed by atoms with van der Waals surface area (Å²) in [6.45, 7) is 13.9. The van der Waals surface area contributed by atoms with Gasteiger partial charge in [-0.1, -0.05) is 13.8 Å². The Balaban J connectivity index is 2.72. The van der Waals surface area contributed by atoms with Gasteiger partial charge in [-0.15, -0.1) is 0 Å². The summed E-state index contributed by atoms with van der Waals surface area (Å²) in [5, 5.41) is 3.49. The highest BCUT2D eigenvalue weighted by Crippen LogP contribution is 2.27. The average molecular weight is 198 g/mol. The maximum atomic E-state index is 3.49. The van der Waals surface area contributed by atoms with Crippen molar-refractivity contribution in [2.75, 3.05) is 20.1 Å². The molecule has 0 radical (unpaired) electrons. The minimum atomic E-state index is 0.282. The Labute approximate surface area is 89.1 Å². The van der Waals surface area contributed by atoms with E-state index in [1.807, 2.05) is 0 Å². The SMILES string of the molecule is CC1CNCC(C)C1N(C)C(C)(C)C. The van der Waals surface area contributed by atoms with E-state index in [9.17, 15) is 0 Å². The highest BCUT2D eigenvalue weighted by atomic mass is 15.2. The van der Waals surface area contributed by atoms with E-state index in [-0.39, 0.29) is 5.54 Å². The van der Waals surface area contributed by atoms with E-state index in [0.717, 1.165) is 31.0 Å². The Morgan fingerprint density at radius 1 is 1.07 bits per heavy atom. The van der Waals surface area contributed by atoms with Crippen LogP contribution < -0.4 is 5.32 Å². The number of piperidine rings is 1. The molecule has 84 valence electrons. The van der Waals surface area contributed by atoms with Gasteiger partial charge in [-0.05, 0) is 52.7 Å². The molecular formula is C12H26N2. The Morgan fingerprint density at radius 3 is 1.86 bits per heavy atom. The van der Waals surface area contributed by atoms with Crippen molar-refractivity contribution in [2.45, 2.75) is 46.2 Å². The first-order chi connectivity index (χ1) is 6.34. The first kappa shape index (κ1) is 12.0. The Bertz CT molecular complexity index is 173. The second kappa shape index (κ2) is 4.19. The maximum absolute atomic E-state index is 3.49. The lowest BCUT2D eigenvalue weighted by molar-refractivity contribution is 0.0336. The molecule has 1 N–H and O–H groups in total. The van der Waals surface area contributed by atoms with Crippen LogP contribution in [0.3, 0.4) is 0 Å². The van der Waals surface area contributed by atoms with Crippen molar-refractivity contribution in [3.63, 3.8) is 0 Å². The molecule has 0 spiro atoms. The lowest BCUT2D eigenvalue weighted by Gasteiger charge is -2.47. The zero-order valence-electron chi connectivity index (χ0n) is 10.6. The molecule has 0 saturated carbocycles. The van der Waals surface area contributed by atoms with E-state index in [2.05, 4.69) is 51.9 Å². The normalized spacial score (nSPS) is 34.9. The fourth-order valence-corrected chi connectivity index (χ4v) is 2.55. The van der Waals surface area contributed by atoms with Crippen molar-refractivity contribution < 1.29 is 0 Å². The van der Waals surface area contributed by atoms with Crippen molar-refractivity contribution in [1.29, 1.82) is 0 Å². The number of rotatable bonds is 1. The molecule has 0 aromatic rings. The number of nitrogens with zero attached hydrogens (tertiary/aromatic N) is 1. The molecule has 14 heavy (non-hydrogen) atoms. The fourth-order valence-electron chi connectivity index (χ4n) is 2.55. The molecule has 0 aromatic carbocycles. The van der Waals surface area contributed by atoms with Crippen LogP contribution in [0.5, 0.6) is 0 Å². The van der Waals surface area contributed by atoms with Gasteiger partial charge in [0.15, 0.2) is 0 Å². The van der Waals surface area contributed by atoms with E-state index in [1.165, 1.54) is 0 Å². The van der Waals surface area contributed by atoms with Crippen LogP contribution >= 0.6 is 0 Å². The second-order valence-electron chi connectivity index (χ2n) is 5.89. The smallest absolute Gasteiger partial charge is 0.0173 e. The van der Waals surface area contributed by atoms with Crippen LogP contribution in [0.15, 0.2) is 0 Å². The molecule has 1 aliphatic rings. The molecule has 2 nitrogen and oxygen atoms in total. The number of hydrogen-bond acceptors (Lipinski definition) is 2. The maximum Gasteiger partial charge on any atom is 0.0173 e. The number of hydrogen-bond donors (Lipinski definition) is 1. The Kier molecular flexibility index (Phi) is 3.59. The fraction of sp³-hybridized carbons (Fsp3) is 1.00. The molecule has 2 atom stereocenters. The van der Waals surface area contributed by atoms with E-state index in [0.29, 0.717) is 0 Å². The van der Waals surface area contributed by atoms with Crippen LogP contribution in [0, 0.1) is 11.8 Å². The predicted molar refractivity (Wildman–Crippen MR) is 62.5 cm³/mol. The minimum Gasteiger partial charge on any atom is -0.316 e. The molecule has 1 heterocycles. The third-order valence-corrected chi connectivity index (χ3v) is 3.60. The van der Waals surface area contributed by atoms with Crippen molar-refractivity contribution >= 4 is 0 Å². The van der Waals surface area contributed by atoms with Gasteiger partial charge < -0.3 is 5.32 Å². The van der Waals surface area contributed by atoms with Crippen molar-refractivity contribution in [2.24, 2.45) is 11.8 Å². The van der Waals surface area contributed by atoms with E-state index >= 15 is 0 Å². The molecular weight excluding hydrogens is 172 g/mol. The highest BCUT2D eigenvalue weighted by molar-refractivity contribution is 4.91. The Morgan fingerprint density at radius 2 is 1.50 bits per heavy atom. The summed E-state index contributed by atoms with van der Waals surface area (Å²) < 4.78 is 0. The summed E-state index contributed by atoms with van der Waals surface area (Å²) in [4.78, 5) is 2.54. The van der Waals surface area contributed by atoms with E-state index < -0.39 is 0 Å². The van der Waals surface area contributed by atoms with Crippen molar-refractivity contribution in [3.05, 3.63) is 0 Å². The van der Waals surface area contributed by atoms with Gasteiger partial charge in [0.05, 0.1) is 0 Å². The summed E-state index contributed by atoms with van der Waals surface area (Å²) in [7, 11) is 2.27. The lowest BCUT2D eigenvalue weighted by atomic mass is 9.84. The van der Waals surface area contributed by atoms with Crippen LogP contribution in [0.2, 0.25) is 0 Å². The third-order valence-electron chi connectivity index (χ3n) is 3.60. The summed E-state index contributed by atoms with van der Waals surface area (Å²) in [6, 6.07) is 0.719. The van der Waals surface area contributed by atoms with E-state index in [1.54, 1.807) is 0 Å². The molecule has 1 fully saturated rings. The van der Waals surface area contributed by atoms with Crippen molar-refractivity contribution in [1.82, 2.24) is 10.2 Å². The Hall–Kier alpha value is -0.0800. The summed E-state index contributed by atoms with van der Waals surface area (Å²) in [5.74, 6) is 1.51. The minimum absolute atomic E-state index is 0.282. The summed E-state index contributed by atoms with van der Waals surface area (Å²) in [5.41, 5.74) is 0.282. The van der Waals surface area contributed by atoms with Gasteiger partial charge in [-0.25, -0.2) is 0 Å². The topological polar surface area (TPSA) is 15.3 Å². The molecule has 2 heteroatoms. The van der Waals surface area contributed by atoms with Gasteiger partial charge in [0.1, 0.15) is 0 Å². The summed E-state index contributed by atoms with van der Waals surface area (Å²) >= 11 is 0. The molecule has 0 aromatic heterocycles. The first-order valence-electron chi connectivity index (χ1n) is 5.77. The number of nitrogens with one attached hydrogen (secondary N) is 1. The van der Waals surface area contributed by atoms with Crippen molar-refractivity contribution in [3.8, 4) is 0 Å². The largest absolute Gasteiger partial charge is 0.316 e. The van der Waals surface area contributed by atoms with Gasteiger partial charge in [-0.2, -0.15) is 0 Å². The standard InChI is InChI=1S/C12H26N2/c1-9-7-13-8-10(2)11(9)14(6)12(3,4)5/h9-11,13H,7-8H2,1-6H3. The van der Waals surface area contributed by atoms with Gasteiger partial charge in [0, 0.05) is 11.6 Å². The molecule has 2 unspecified atom stereocenters. The van der Waals surface area contributed by atoms with Crippen LogP contribution in [0.4, 0.5) is 0 Å². The molecule has 0 bridgehead atoms. The van der Waals surface area contributed by atoms with Crippen LogP contribution in [-0.4, -0.2) is 36.6 Å². The van der Waals surface area contributed by atoms with E-state index in [4.69, 9.17) is 0 Å². The molecule has 1 aliphatic heterocycles. The predicted octanol–water partition coefficient (Wildman–Crippen LogP) is 1.96. The van der Waals surface area contributed by atoms with Gasteiger partial charge in [-0.3, -0.25) is 4.90 Å². The molecule has 0 aliphatic carbocycles.